The number of aromatic nitrogens is 1. The van der Waals surface area contributed by atoms with E-state index in [1.807, 2.05) is 13.8 Å². The lowest BCUT2D eigenvalue weighted by atomic mass is 10.1. The molecular weight excluding hydrogens is 316 g/mol. The molecule has 7 heteroatoms. The van der Waals surface area contributed by atoms with E-state index in [0.29, 0.717) is 17.1 Å². The van der Waals surface area contributed by atoms with Gasteiger partial charge in [0.15, 0.2) is 0 Å². The predicted molar refractivity (Wildman–Crippen MR) is 84.8 cm³/mol. The minimum absolute atomic E-state index is 0.263. The summed E-state index contributed by atoms with van der Waals surface area (Å²) in [5.41, 5.74) is 2.28. The normalized spacial score (nSPS) is 19.2. The van der Waals surface area contributed by atoms with E-state index in [1.54, 1.807) is 25.3 Å². The van der Waals surface area contributed by atoms with E-state index >= 15 is 0 Å². The summed E-state index contributed by atoms with van der Waals surface area (Å²) in [5.74, 6) is 0.721. The Balaban J connectivity index is 2.01. The fourth-order valence-corrected chi connectivity index (χ4v) is 5.07. The summed E-state index contributed by atoms with van der Waals surface area (Å²) >= 11 is 0. The monoisotopic (exact) mass is 336 g/mol. The van der Waals surface area contributed by atoms with Gasteiger partial charge in [-0.2, -0.15) is 4.31 Å². The summed E-state index contributed by atoms with van der Waals surface area (Å²) in [6.07, 6.45) is 3.03. The summed E-state index contributed by atoms with van der Waals surface area (Å²) < 4.78 is 37.9. The molecule has 2 heterocycles. The first kappa shape index (κ1) is 16.0. The van der Waals surface area contributed by atoms with Gasteiger partial charge in [-0.1, -0.05) is 5.16 Å². The van der Waals surface area contributed by atoms with Crippen LogP contribution in [-0.4, -0.2) is 31.5 Å². The molecule has 0 unspecified atom stereocenters. The van der Waals surface area contributed by atoms with E-state index in [2.05, 4.69) is 5.16 Å². The molecular formula is C16H20N2O4S. The lowest BCUT2D eigenvalue weighted by Gasteiger charge is -2.23. The average Bonchev–Trinajstić information content (AvgIpc) is 3.17. The van der Waals surface area contributed by atoms with Crippen LogP contribution in [0.2, 0.25) is 0 Å². The molecule has 2 aromatic rings. The zero-order valence-electron chi connectivity index (χ0n) is 13.4. The van der Waals surface area contributed by atoms with Crippen LogP contribution in [0.25, 0.3) is 0 Å². The summed E-state index contributed by atoms with van der Waals surface area (Å²) in [6, 6.07) is 4.79. The molecule has 1 fully saturated rings. The van der Waals surface area contributed by atoms with Gasteiger partial charge in [0, 0.05) is 12.6 Å². The third-order valence-electron chi connectivity index (χ3n) is 4.25. The van der Waals surface area contributed by atoms with Crippen molar-refractivity contribution in [3.63, 3.8) is 0 Å². The lowest BCUT2D eigenvalue weighted by molar-refractivity contribution is 0.356. The second-order valence-corrected chi connectivity index (χ2v) is 7.68. The highest BCUT2D eigenvalue weighted by Crippen LogP contribution is 2.37. The minimum Gasteiger partial charge on any atom is -0.496 e. The van der Waals surface area contributed by atoms with Crippen LogP contribution in [0.3, 0.4) is 0 Å². The fraction of sp³-hybridized carbons (Fsp3) is 0.438. The Morgan fingerprint density at radius 3 is 2.57 bits per heavy atom. The van der Waals surface area contributed by atoms with Crippen LogP contribution in [0.5, 0.6) is 5.75 Å². The van der Waals surface area contributed by atoms with E-state index in [0.717, 1.165) is 29.7 Å². The standard InChI is InChI=1S/C16H20N2O4S/c1-11-9-13(10-12(2)16(11)21-3)23(19,20)18-7-4-5-15(18)14-6-8-22-17-14/h6,8-10,15H,4-5,7H2,1-3H3/t15-/m0/s1. The van der Waals surface area contributed by atoms with Crippen molar-refractivity contribution in [1.82, 2.24) is 9.46 Å². The molecule has 0 bridgehead atoms. The highest BCUT2D eigenvalue weighted by atomic mass is 32.2. The zero-order valence-corrected chi connectivity index (χ0v) is 14.3. The van der Waals surface area contributed by atoms with Crippen LogP contribution in [0.4, 0.5) is 0 Å². The summed E-state index contributed by atoms with van der Waals surface area (Å²) in [6.45, 7) is 4.19. The van der Waals surface area contributed by atoms with Gasteiger partial charge < -0.3 is 9.26 Å². The Bertz CT molecular complexity index is 776. The maximum atomic E-state index is 13.1. The number of benzene rings is 1. The topological polar surface area (TPSA) is 72.6 Å². The fourth-order valence-electron chi connectivity index (χ4n) is 3.23. The lowest BCUT2D eigenvalue weighted by Crippen LogP contribution is -2.31. The summed E-state index contributed by atoms with van der Waals surface area (Å²) in [5, 5.41) is 3.92. The maximum absolute atomic E-state index is 13.1. The van der Waals surface area contributed by atoms with Crippen molar-refractivity contribution >= 4 is 10.0 Å². The zero-order chi connectivity index (χ0) is 16.6. The van der Waals surface area contributed by atoms with Gasteiger partial charge in [-0.25, -0.2) is 8.42 Å². The number of aryl methyl sites for hydroxylation is 2. The molecule has 23 heavy (non-hydrogen) atoms. The molecule has 1 aromatic heterocycles. The SMILES string of the molecule is COc1c(C)cc(S(=O)(=O)N2CCC[C@H]2c2ccon2)cc1C. The summed E-state index contributed by atoms with van der Waals surface area (Å²) in [4.78, 5) is 0.295. The van der Waals surface area contributed by atoms with Crippen molar-refractivity contribution in [3.05, 3.63) is 41.3 Å². The van der Waals surface area contributed by atoms with Crippen molar-refractivity contribution in [1.29, 1.82) is 0 Å². The number of rotatable bonds is 4. The molecule has 1 aromatic carbocycles. The van der Waals surface area contributed by atoms with E-state index < -0.39 is 10.0 Å². The van der Waals surface area contributed by atoms with E-state index in [-0.39, 0.29) is 6.04 Å². The first-order valence-corrected chi connectivity index (χ1v) is 8.96. The Labute approximate surface area is 136 Å². The van der Waals surface area contributed by atoms with Gasteiger partial charge in [-0.05, 0) is 49.9 Å². The van der Waals surface area contributed by atoms with Crippen LogP contribution >= 0.6 is 0 Å². The number of hydrogen-bond acceptors (Lipinski definition) is 5. The minimum atomic E-state index is -3.59. The van der Waals surface area contributed by atoms with Gasteiger partial charge >= 0.3 is 0 Å². The number of nitrogens with zero attached hydrogens (tertiary/aromatic N) is 2. The van der Waals surface area contributed by atoms with Gasteiger partial charge in [0.25, 0.3) is 0 Å². The molecule has 0 N–H and O–H groups in total. The molecule has 1 aliphatic rings. The Kier molecular flexibility index (Phi) is 4.16. The Morgan fingerprint density at radius 2 is 2.00 bits per heavy atom. The number of hydrogen-bond donors (Lipinski definition) is 0. The van der Waals surface area contributed by atoms with Crippen molar-refractivity contribution in [2.45, 2.75) is 37.6 Å². The molecule has 0 spiro atoms. The highest BCUT2D eigenvalue weighted by Gasteiger charge is 2.37. The number of ether oxygens (including phenoxy) is 1. The van der Waals surface area contributed by atoms with Crippen LogP contribution < -0.4 is 4.74 Å². The van der Waals surface area contributed by atoms with Gasteiger partial charge in [0.05, 0.1) is 18.0 Å². The first-order valence-electron chi connectivity index (χ1n) is 7.52. The van der Waals surface area contributed by atoms with E-state index in [4.69, 9.17) is 9.26 Å². The Hall–Kier alpha value is -1.86. The predicted octanol–water partition coefficient (Wildman–Crippen LogP) is 2.83. The molecule has 0 saturated carbocycles. The number of methoxy groups -OCH3 is 1. The van der Waals surface area contributed by atoms with Crippen molar-refractivity contribution in [3.8, 4) is 5.75 Å². The van der Waals surface area contributed by atoms with Crippen LogP contribution in [0.1, 0.15) is 35.7 Å². The van der Waals surface area contributed by atoms with Crippen molar-refractivity contribution < 1.29 is 17.7 Å². The van der Waals surface area contributed by atoms with Gasteiger partial charge in [0.2, 0.25) is 10.0 Å². The quantitative estimate of drug-likeness (QED) is 0.858. The van der Waals surface area contributed by atoms with Crippen molar-refractivity contribution in [2.24, 2.45) is 0 Å². The van der Waals surface area contributed by atoms with Gasteiger partial charge in [-0.3, -0.25) is 0 Å². The smallest absolute Gasteiger partial charge is 0.243 e. The molecule has 3 rings (SSSR count). The van der Waals surface area contributed by atoms with Crippen molar-refractivity contribution in [2.75, 3.05) is 13.7 Å². The molecule has 124 valence electrons. The molecule has 1 aliphatic heterocycles. The maximum Gasteiger partial charge on any atom is 0.243 e. The van der Waals surface area contributed by atoms with Gasteiger partial charge in [-0.15, -0.1) is 0 Å². The average molecular weight is 336 g/mol. The number of sulfonamides is 1. The second-order valence-electron chi connectivity index (χ2n) is 5.79. The highest BCUT2D eigenvalue weighted by molar-refractivity contribution is 7.89. The van der Waals surface area contributed by atoms with Crippen LogP contribution in [0, 0.1) is 13.8 Å². The summed E-state index contributed by atoms with van der Waals surface area (Å²) in [7, 11) is -2.00. The Morgan fingerprint density at radius 1 is 1.30 bits per heavy atom. The molecule has 0 radical (unpaired) electrons. The largest absolute Gasteiger partial charge is 0.496 e. The molecule has 6 nitrogen and oxygen atoms in total. The third-order valence-corrected chi connectivity index (χ3v) is 6.13. The van der Waals surface area contributed by atoms with E-state index in [9.17, 15) is 8.42 Å². The molecule has 0 aliphatic carbocycles. The molecule has 1 atom stereocenters. The molecule has 0 amide bonds. The molecule has 1 saturated heterocycles. The van der Waals surface area contributed by atoms with Crippen LogP contribution in [0.15, 0.2) is 33.9 Å². The van der Waals surface area contributed by atoms with E-state index in [1.165, 1.54) is 10.6 Å². The second kappa shape index (κ2) is 5.98. The van der Waals surface area contributed by atoms with Gasteiger partial charge in [0.1, 0.15) is 17.7 Å². The third kappa shape index (κ3) is 2.74. The van der Waals surface area contributed by atoms with Crippen LogP contribution in [-0.2, 0) is 10.0 Å². The first-order chi connectivity index (χ1) is 10.9.